The van der Waals surface area contributed by atoms with Crippen LogP contribution in [0, 0.1) is 0 Å². The van der Waals surface area contributed by atoms with E-state index < -0.39 is 224 Å². The maximum atomic E-state index is 11.7. The van der Waals surface area contributed by atoms with E-state index in [1.807, 2.05) is 0 Å². The van der Waals surface area contributed by atoms with Crippen molar-refractivity contribution in [2.45, 2.75) is 191 Å². The Morgan fingerprint density at radius 2 is 0.729 bits per heavy atom. The van der Waals surface area contributed by atoms with Crippen LogP contribution in [0.1, 0.15) is 6.92 Å². The van der Waals surface area contributed by atoms with Gasteiger partial charge in [-0.15, -0.1) is 0 Å². The van der Waals surface area contributed by atoms with Crippen molar-refractivity contribution < 1.29 is 154 Å². The average Bonchev–Trinajstić information content (AvgIpc) is 3.35. The van der Waals surface area contributed by atoms with Crippen LogP contribution < -0.4 is 0 Å². The van der Waals surface area contributed by atoms with E-state index in [0.717, 1.165) is 0 Å². The van der Waals surface area contributed by atoms with Crippen LogP contribution in [-0.2, 0) is 61.9 Å². The Morgan fingerprint density at radius 1 is 0.371 bits per heavy atom. The van der Waals surface area contributed by atoms with Crippen molar-refractivity contribution in [3.63, 3.8) is 0 Å². The van der Waals surface area contributed by atoms with E-state index in [0.29, 0.717) is 0 Å². The molecule has 0 aromatic heterocycles. The zero-order valence-corrected chi connectivity index (χ0v) is 36.9. The van der Waals surface area contributed by atoms with Gasteiger partial charge in [-0.05, 0) is 0 Å². The SMILES string of the molecule is CC1=N[C@H]2[C@@H](OO1)O[C@H](CO)[C@@H](O[C@@H]1O[C@H](CO[C@@H]3O[C@H](CO[C@@H]4O[C@H](CO)[C@@H](O)[C@H](O)[C@@H]4O)[C@@H](O)[C@H](O[C@@H]4O[C@H](CO)[C@@H](O)[C@H](O)[C@@H]4O)[C@@H]3O)[C@@H](O)[C@H](O[C@@H]3O[C@H](CO)[C@@H](O)[C@H](O)[C@@H]3O)[C@@H]1O)[C@@H]2O. The van der Waals surface area contributed by atoms with Gasteiger partial charge in [0.25, 0.3) is 0 Å². The van der Waals surface area contributed by atoms with Crippen LogP contribution >= 0.6 is 0 Å². The third-order valence-corrected chi connectivity index (χ3v) is 13.0. The molecule has 7 aliphatic rings. The summed E-state index contributed by atoms with van der Waals surface area (Å²) < 4.78 is 62.5. The van der Waals surface area contributed by atoms with Gasteiger partial charge in [-0.1, -0.05) is 0 Å². The average molecular weight is 1030 g/mol. The van der Waals surface area contributed by atoms with Gasteiger partial charge in [-0.3, -0.25) is 0 Å². The molecule has 70 heavy (non-hydrogen) atoms. The molecule has 0 amide bonds. The third kappa shape index (κ3) is 11.4. The Morgan fingerprint density at radius 3 is 1.19 bits per heavy atom. The number of ether oxygens (including phenoxy) is 11. The molecular weight excluding hydrogens is 966 g/mol. The van der Waals surface area contributed by atoms with E-state index in [-0.39, 0.29) is 5.90 Å². The molecule has 0 unspecified atom stereocenters. The highest BCUT2D eigenvalue weighted by Gasteiger charge is 2.57. The van der Waals surface area contributed by atoms with Gasteiger partial charge in [0.1, 0.15) is 146 Å². The molecule has 0 spiro atoms. The van der Waals surface area contributed by atoms with E-state index in [1.165, 1.54) is 6.92 Å². The summed E-state index contributed by atoms with van der Waals surface area (Å²) in [7, 11) is 0. The molecule has 406 valence electrons. The summed E-state index contributed by atoms with van der Waals surface area (Å²) in [6.45, 7) is -3.87. The van der Waals surface area contributed by atoms with E-state index >= 15 is 0 Å². The van der Waals surface area contributed by atoms with Crippen molar-refractivity contribution in [2.24, 2.45) is 4.99 Å². The van der Waals surface area contributed by atoms with Gasteiger partial charge in [0.15, 0.2) is 31.5 Å². The lowest BCUT2D eigenvalue weighted by atomic mass is 9.95. The monoisotopic (exact) mass is 1030 g/mol. The predicted molar refractivity (Wildman–Crippen MR) is 210 cm³/mol. The minimum Gasteiger partial charge on any atom is -0.394 e. The second kappa shape index (κ2) is 23.9. The van der Waals surface area contributed by atoms with E-state index in [2.05, 4.69) is 4.99 Å². The molecule has 6 fully saturated rings. The van der Waals surface area contributed by atoms with E-state index in [1.54, 1.807) is 0 Å². The molecule has 0 aliphatic carbocycles. The Bertz CT molecular complexity index is 1670. The highest BCUT2D eigenvalue weighted by atomic mass is 17.2. The van der Waals surface area contributed by atoms with Crippen molar-refractivity contribution in [1.29, 1.82) is 0 Å². The Labute approximate surface area is 395 Å². The van der Waals surface area contributed by atoms with Gasteiger partial charge in [0.2, 0.25) is 12.2 Å². The van der Waals surface area contributed by atoms with Crippen LogP contribution in [0.4, 0.5) is 0 Å². The number of hydrogen-bond acceptors (Lipinski definition) is 32. The second-order valence-electron chi connectivity index (χ2n) is 17.6. The summed E-state index contributed by atoms with van der Waals surface area (Å²) in [5.41, 5.74) is 0. The molecule has 6 saturated heterocycles. The number of fused-ring (bicyclic) bond motifs is 1. The molecule has 18 N–H and O–H groups in total. The first-order chi connectivity index (χ1) is 33.2. The third-order valence-electron chi connectivity index (χ3n) is 13.0. The van der Waals surface area contributed by atoms with Gasteiger partial charge >= 0.3 is 0 Å². The second-order valence-corrected chi connectivity index (χ2v) is 17.6. The molecule has 0 aromatic carbocycles. The van der Waals surface area contributed by atoms with Gasteiger partial charge < -0.3 is 149 Å². The minimum atomic E-state index is -2.16. The number of aliphatic hydroxyl groups excluding tert-OH is 18. The maximum Gasteiger partial charge on any atom is 0.228 e. The number of aliphatic imine (C=N–C) groups is 1. The molecule has 7 aliphatic heterocycles. The molecule has 0 bridgehead atoms. The zero-order valence-electron chi connectivity index (χ0n) is 36.9. The van der Waals surface area contributed by atoms with E-state index in [4.69, 9.17) is 61.9 Å². The predicted octanol–water partition coefficient (Wildman–Crippen LogP) is -12.7. The van der Waals surface area contributed by atoms with Crippen LogP contribution in [0.5, 0.6) is 0 Å². The fourth-order valence-corrected chi connectivity index (χ4v) is 8.85. The molecule has 0 radical (unpaired) electrons. The van der Waals surface area contributed by atoms with Crippen molar-refractivity contribution in [2.75, 3.05) is 39.6 Å². The van der Waals surface area contributed by atoms with Crippen molar-refractivity contribution >= 4 is 5.90 Å². The van der Waals surface area contributed by atoms with Crippen LogP contribution in [0.3, 0.4) is 0 Å². The maximum absolute atomic E-state index is 11.7. The highest BCUT2D eigenvalue weighted by molar-refractivity contribution is 5.73. The van der Waals surface area contributed by atoms with Crippen molar-refractivity contribution in [3.8, 4) is 0 Å². The van der Waals surface area contributed by atoms with Gasteiger partial charge in [-0.25, -0.2) is 4.99 Å². The van der Waals surface area contributed by atoms with E-state index in [9.17, 15) is 91.9 Å². The molecule has 7 rings (SSSR count). The fraction of sp³-hybridized carbons (Fsp3) is 0.974. The lowest BCUT2D eigenvalue weighted by Crippen LogP contribution is -2.67. The molecule has 0 aromatic rings. The van der Waals surface area contributed by atoms with Gasteiger partial charge in [0.05, 0.1) is 39.6 Å². The van der Waals surface area contributed by atoms with Crippen LogP contribution in [-0.4, -0.2) is 322 Å². The van der Waals surface area contributed by atoms with Gasteiger partial charge in [-0.2, -0.15) is 4.89 Å². The summed E-state index contributed by atoms with van der Waals surface area (Å²) in [5, 5.41) is 192. The summed E-state index contributed by atoms with van der Waals surface area (Å²) in [6, 6.07) is -1.23. The number of rotatable bonds is 16. The largest absolute Gasteiger partial charge is 0.394 e. The first-order valence-corrected chi connectivity index (χ1v) is 22.2. The molecule has 30 atom stereocenters. The standard InChI is InChI=1S/C38H63NO31/c1-8-39-15-21(49)30(12(5-43)63-33(15)70-69-8)66-38-29(57)32(68-37-27(55)24(52)18(46)11(4-42)62-37)20(48)14(65-38)7-59-35-28(56)31(67-36-26(54)23(51)17(45)10(3-41)61-36)19(47)13(64-35)6-58-34-25(53)22(50)16(44)9(2-40)60-34/h9-38,40-57H,2-7H2,1H3/t9-,10-,11-,12-,13-,14-,15-,16-,17-,18-,19-,20-,21-,22+,23+,24+,25+,26+,27+,28+,29+,30-,31+,32+,33-,34-,35-,36+,37+,38+/m1/s1. The summed E-state index contributed by atoms with van der Waals surface area (Å²) in [6.07, 6.45) is -53.9. The first kappa shape index (κ1) is 56.0. The van der Waals surface area contributed by atoms with Crippen LogP contribution in [0.15, 0.2) is 4.99 Å². The van der Waals surface area contributed by atoms with Crippen LogP contribution in [0.25, 0.3) is 0 Å². The summed E-state index contributed by atoms with van der Waals surface area (Å²) in [4.78, 5) is 14.2. The molecule has 7 heterocycles. The number of aliphatic hydroxyl groups is 18. The minimum absolute atomic E-state index is 0.0319. The van der Waals surface area contributed by atoms with Crippen LogP contribution in [0.2, 0.25) is 0 Å². The van der Waals surface area contributed by atoms with Gasteiger partial charge in [0, 0.05) is 6.92 Å². The first-order valence-electron chi connectivity index (χ1n) is 22.2. The quantitative estimate of drug-likeness (QED) is 0.0638. The molecular formula is C38H63NO31. The van der Waals surface area contributed by atoms with Crippen molar-refractivity contribution in [1.82, 2.24) is 0 Å². The molecule has 32 heteroatoms. The Hall–Kier alpha value is -1.73. The normalized spacial score (nSPS) is 52.4. The zero-order chi connectivity index (χ0) is 51.0. The molecule has 0 saturated carbocycles. The molecule has 32 nitrogen and oxygen atoms in total. The smallest absolute Gasteiger partial charge is 0.228 e. The Balaban J connectivity index is 1.14. The lowest BCUT2D eigenvalue weighted by molar-refractivity contribution is -0.404. The fourth-order valence-electron chi connectivity index (χ4n) is 8.85. The number of hydrogen-bond donors (Lipinski definition) is 18. The lowest BCUT2D eigenvalue weighted by Gasteiger charge is -2.49. The Kier molecular flexibility index (Phi) is 19.1. The van der Waals surface area contributed by atoms with Crippen molar-refractivity contribution in [3.05, 3.63) is 0 Å². The topological polar surface area (TPSA) is 496 Å². The summed E-state index contributed by atoms with van der Waals surface area (Å²) >= 11 is 0. The number of nitrogens with zero attached hydrogens (tertiary/aromatic N) is 1. The highest BCUT2D eigenvalue weighted by Crippen LogP contribution is 2.36. The summed E-state index contributed by atoms with van der Waals surface area (Å²) in [5.74, 6) is -0.0319.